The third-order valence-corrected chi connectivity index (χ3v) is 5.56. The second kappa shape index (κ2) is 8.40. The first-order chi connectivity index (χ1) is 14.8. The molecule has 0 spiro atoms. The van der Waals surface area contributed by atoms with E-state index in [1.54, 1.807) is 12.1 Å². The zero-order chi connectivity index (χ0) is 22.0. The number of hydrogen-bond acceptors (Lipinski definition) is 5. The van der Waals surface area contributed by atoms with E-state index in [9.17, 15) is 13.2 Å². The van der Waals surface area contributed by atoms with Crippen molar-refractivity contribution in [1.82, 2.24) is 20.1 Å². The van der Waals surface area contributed by atoms with Crippen LogP contribution in [-0.4, -0.2) is 45.8 Å². The lowest BCUT2D eigenvalue weighted by Crippen LogP contribution is -2.51. The van der Waals surface area contributed by atoms with E-state index in [-0.39, 0.29) is 6.04 Å². The molecule has 160 valence electrons. The third-order valence-electron chi connectivity index (χ3n) is 5.56. The van der Waals surface area contributed by atoms with Gasteiger partial charge in [-0.1, -0.05) is 12.1 Å². The largest absolute Gasteiger partial charge is 0.417 e. The van der Waals surface area contributed by atoms with E-state index in [0.717, 1.165) is 35.6 Å². The topological polar surface area (TPSA) is 71.8 Å². The highest BCUT2D eigenvalue weighted by Crippen LogP contribution is 2.30. The number of rotatable bonds is 4. The zero-order valence-electron chi connectivity index (χ0n) is 16.9. The van der Waals surface area contributed by atoms with Gasteiger partial charge in [-0.3, -0.25) is 10.00 Å². The lowest BCUT2D eigenvalue weighted by molar-refractivity contribution is -0.137. The van der Waals surface area contributed by atoms with Crippen LogP contribution in [0.5, 0.6) is 0 Å². The molecule has 1 aliphatic heterocycles. The highest BCUT2D eigenvalue weighted by Gasteiger charge is 2.31. The van der Waals surface area contributed by atoms with E-state index < -0.39 is 11.7 Å². The van der Waals surface area contributed by atoms with Crippen LogP contribution in [0.15, 0.2) is 48.8 Å². The SMILES string of the molecule is C[C@@H]1CN(c2ccc(C(F)(F)F)cn2)CCN1Cc1cn[nH]c1-c1ccc(C#N)cc1. The van der Waals surface area contributed by atoms with E-state index in [0.29, 0.717) is 31.0 Å². The smallest absolute Gasteiger partial charge is 0.354 e. The molecule has 1 aliphatic rings. The Hall–Kier alpha value is -3.38. The van der Waals surface area contributed by atoms with Crippen LogP contribution in [-0.2, 0) is 12.7 Å². The summed E-state index contributed by atoms with van der Waals surface area (Å²) in [5, 5.41) is 16.2. The number of benzene rings is 1. The average Bonchev–Trinajstić information content (AvgIpc) is 3.23. The number of aromatic amines is 1. The highest BCUT2D eigenvalue weighted by atomic mass is 19.4. The number of nitriles is 1. The maximum Gasteiger partial charge on any atom is 0.417 e. The van der Waals surface area contributed by atoms with E-state index in [2.05, 4.69) is 33.1 Å². The molecule has 0 saturated carbocycles. The van der Waals surface area contributed by atoms with Crippen molar-refractivity contribution in [3.63, 3.8) is 0 Å². The fraction of sp³-hybridized carbons (Fsp3) is 0.318. The summed E-state index contributed by atoms with van der Waals surface area (Å²) in [6, 6.07) is 12.2. The number of piperazine rings is 1. The average molecular weight is 426 g/mol. The minimum absolute atomic E-state index is 0.182. The predicted octanol–water partition coefficient (Wildman–Crippen LogP) is 4.07. The molecule has 2 aromatic heterocycles. The van der Waals surface area contributed by atoms with Gasteiger partial charge >= 0.3 is 6.18 Å². The molecule has 1 aromatic carbocycles. The zero-order valence-corrected chi connectivity index (χ0v) is 16.9. The molecule has 0 amide bonds. The Morgan fingerprint density at radius 1 is 1.13 bits per heavy atom. The summed E-state index contributed by atoms with van der Waals surface area (Å²) >= 11 is 0. The minimum Gasteiger partial charge on any atom is -0.354 e. The van der Waals surface area contributed by atoms with Gasteiger partial charge in [0.15, 0.2) is 0 Å². The normalized spacial score (nSPS) is 17.5. The first kappa shape index (κ1) is 20.9. The van der Waals surface area contributed by atoms with Gasteiger partial charge < -0.3 is 4.90 Å². The molecule has 3 aromatic rings. The second-order valence-corrected chi connectivity index (χ2v) is 7.63. The van der Waals surface area contributed by atoms with Crippen molar-refractivity contribution in [3.8, 4) is 17.3 Å². The second-order valence-electron chi connectivity index (χ2n) is 7.63. The van der Waals surface area contributed by atoms with E-state index in [1.165, 1.54) is 6.07 Å². The van der Waals surface area contributed by atoms with Crippen molar-refractivity contribution in [1.29, 1.82) is 5.26 Å². The maximum absolute atomic E-state index is 12.8. The number of pyridine rings is 1. The van der Waals surface area contributed by atoms with Gasteiger partial charge in [-0.25, -0.2) is 4.98 Å². The van der Waals surface area contributed by atoms with Crippen molar-refractivity contribution in [2.75, 3.05) is 24.5 Å². The molecule has 0 aliphatic carbocycles. The predicted molar refractivity (Wildman–Crippen MR) is 110 cm³/mol. The number of nitrogens with one attached hydrogen (secondary N) is 1. The van der Waals surface area contributed by atoms with Gasteiger partial charge in [0.25, 0.3) is 0 Å². The quantitative estimate of drug-likeness (QED) is 0.681. The van der Waals surface area contributed by atoms with Gasteiger partial charge in [0.05, 0.1) is 29.1 Å². The monoisotopic (exact) mass is 426 g/mol. The van der Waals surface area contributed by atoms with Gasteiger partial charge in [0.1, 0.15) is 5.82 Å². The Morgan fingerprint density at radius 2 is 1.90 bits per heavy atom. The van der Waals surface area contributed by atoms with Crippen LogP contribution in [0.2, 0.25) is 0 Å². The number of halogens is 3. The van der Waals surface area contributed by atoms with E-state index in [1.807, 2.05) is 23.2 Å². The van der Waals surface area contributed by atoms with Crippen molar-refractivity contribution < 1.29 is 13.2 Å². The molecule has 6 nitrogen and oxygen atoms in total. The molecule has 0 radical (unpaired) electrons. The summed E-state index contributed by atoms with van der Waals surface area (Å²) in [6.45, 7) is 4.88. The van der Waals surface area contributed by atoms with Gasteiger partial charge in [0.2, 0.25) is 0 Å². The Labute approximate surface area is 177 Å². The molecule has 3 heterocycles. The van der Waals surface area contributed by atoms with Crippen LogP contribution in [0.1, 0.15) is 23.6 Å². The van der Waals surface area contributed by atoms with Crippen molar-refractivity contribution >= 4 is 5.82 Å². The number of anilines is 1. The molecule has 1 saturated heterocycles. The van der Waals surface area contributed by atoms with E-state index >= 15 is 0 Å². The molecular formula is C22H21F3N6. The molecule has 4 rings (SSSR count). The van der Waals surface area contributed by atoms with E-state index in [4.69, 9.17) is 5.26 Å². The Morgan fingerprint density at radius 3 is 2.52 bits per heavy atom. The summed E-state index contributed by atoms with van der Waals surface area (Å²) in [6.07, 6.45) is -1.68. The van der Waals surface area contributed by atoms with Gasteiger partial charge in [-0.15, -0.1) is 0 Å². The Balaban J connectivity index is 1.42. The summed E-state index contributed by atoms with van der Waals surface area (Å²) in [7, 11) is 0. The van der Waals surface area contributed by atoms with Crippen molar-refractivity contribution in [2.45, 2.75) is 25.7 Å². The van der Waals surface area contributed by atoms with Crippen LogP contribution in [0.25, 0.3) is 11.3 Å². The lowest BCUT2D eigenvalue weighted by Gasteiger charge is -2.40. The van der Waals surface area contributed by atoms with Gasteiger partial charge in [0, 0.05) is 44.0 Å². The number of aromatic nitrogens is 3. The van der Waals surface area contributed by atoms with Crippen LogP contribution in [0, 0.1) is 11.3 Å². The number of H-pyrrole nitrogens is 1. The lowest BCUT2D eigenvalue weighted by atomic mass is 10.0. The third kappa shape index (κ3) is 4.54. The van der Waals surface area contributed by atoms with Crippen LogP contribution < -0.4 is 4.90 Å². The number of hydrogen-bond donors (Lipinski definition) is 1. The molecule has 9 heteroatoms. The summed E-state index contributed by atoms with van der Waals surface area (Å²) < 4.78 is 38.3. The van der Waals surface area contributed by atoms with Crippen LogP contribution in [0.4, 0.5) is 19.0 Å². The highest BCUT2D eigenvalue weighted by molar-refractivity contribution is 5.63. The van der Waals surface area contributed by atoms with Gasteiger partial charge in [-0.2, -0.15) is 23.5 Å². The fourth-order valence-corrected chi connectivity index (χ4v) is 3.79. The van der Waals surface area contributed by atoms with Crippen LogP contribution in [0.3, 0.4) is 0 Å². The minimum atomic E-state index is -4.38. The maximum atomic E-state index is 12.8. The number of alkyl halides is 3. The number of nitrogens with zero attached hydrogens (tertiary/aromatic N) is 5. The summed E-state index contributed by atoms with van der Waals surface area (Å²) in [5.74, 6) is 0.557. The molecule has 31 heavy (non-hydrogen) atoms. The molecule has 1 N–H and O–H groups in total. The van der Waals surface area contributed by atoms with Crippen LogP contribution >= 0.6 is 0 Å². The Bertz CT molecular complexity index is 1070. The molecule has 1 atom stereocenters. The Kier molecular flexibility index (Phi) is 5.65. The van der Waals surface area contributed by atoms with Crippen molar-refractivity contribution in [2.24, 2.45) is 0 Å². The van der Waals surface area contributed by atoms with Crippen molar-refractivity contribution in [3.05, 3.63) is 65.5 Å². The molecular weight excluding hydrogens is 405 g/mol. The fourth-order valence-electron chi connectivity index (χ4n) is 3.79. The molecule has 1 fully saturated rings. The summed E-state index contributed by atoms with van der Waals surface area (Å²) in [4.78, 5) is 8.35. The summed E-state index contributed by atoms with van der Waals surface area (Å²) in [5.41, 5.74) is 2.80. The standard InChI is InChI=1S/C22H21F3N6/c1-15-13-31(20-7-6-19(12-27-20)22(23,24)25)9-8-30(15)14-18-11-28-29-21(18)17-4-2-16(10-26)3-5-17/h2-7,11-12,15H,8-9,13-14H2,1H3,(H,28,29)/t15-/m1/s1. The first-order valence-electron chi connectivity index (χ1n) is 9.90. The molecule has 0 unspecified atom stereocenters. The molecule has 0 bridgehead atoms. The van der Waals surface area contributed by atoms with Gasteiger partial charge in [-0.05, 0) is 36.8 Å². The first-order valence-corrected chi connectivity index (χ1v) is 9.90.